The zero-order chi connectivity index (χ0) is 19.5. The molecule has 0 atom stereocenters. The van der Waals surface area contributed by atoms with Crippen molar-refractivity contribution in [2.24, 2.45) is 5.73 Å². The molecule has 27 heavy (non-hydrogen) atoms. The summed E-state index contributed by atoms with van der Waals surface area (Å²) in [5.41, 5.74) is 6.59. The summed E-state index contributed by atoms with van der Waals surface area (Å²) in [6, 6.07) is 27.9. The molecule has 0 aromatic heterocycles. The number of nitrogens with two attached hydrogens (primary N) is 1. The van der Waals surface area contributed by atoms with E-state index in [1.165, 1.54) is 4.90 Å². The Labute approximate surface area is 164 Å². The van der Waals surface area contributed by atoms with Crippen molar-refractivity contribution >= 4 is 23.4 Å². The smallest absolute Gasteiger partial charge is 0.254 e. The Morgan fingerprint density at radius 3 is 1.89 bits per heavy atom. The molecule has 0 saturated carbocycles. The van der Waals surface area contributed by atoms with E-state index in [2.05, 4.69) is 0 Å². The van der Waals surface area contributed by atoms with Crippen molar-refractivity contribution in [3.05, 3.63) is 107 Å². The molecule has 0 aliphatic rings. The summed E-state index contributed by atoms with van der Waals surface area (Å²) in [7, 11) is 0. The zero-order valence-electron chi connectivity index (χ0n) is 14.8. The summed E-state index contributed by atoms with van der Waals surface area (Å²) in [6.45, 7) is 0.136. The maximum absolute atomic E-state index is 12.5. The first kappa shape index (κ1) is 20.2. The highest BCUT2D eigenvalue weighted by Crippen LogP contribution is 2.14. The lowest BCUT2D eigenvalue weighted by Gasteiger charge is -2.21. The van der Waals surface area contributed by atoms with Crippen molar-refractivity contribution in [3.63, 3.8) is 0 Å². The number of hydrogen-bond donors (Lipinski definition) is 1. The lowest BCUT2D eigenvalue weighted by atomic mass is 10.1. The van der Waals surface area contributed by atoms with Crippen LogP contribution in [-0.4, -0.2) is 23.3 Å². The fourth-order valence-corrected chi connectivity index (χ4v) is 2.60. The summed E-state index contributed by atoms with van der Waals surface area (Å²) in [4.78, 5) is 25.1. The number of amides is 2. The number of rotatable bonds is 5. The van der Waals surface area contributed by atoms with Crippen LogP contribution in [0, 0.1) is 0 Å². The molecule has 0 aliphatic carbocycles. The predicted molar refractivity (Wildman–Crippen MR) is 108 cm³/mol. The fourth-order valence-electron chi connectivity index (χ4n) is 2.39. The Bertz CT molecular complexity index is 828. The number of hydrogen-bond acceptors (Lipinski definition) is 2. The van der Waals surface area contributed by atoms with E-state index in [9.17, 15) is 9.59 Å². The van der Waals surface area contributed by atoms with E-state index in [4.69, 9.17) is 17.3 Å². The van der Waals surface area contributed by atoms with E-state index in [1.54, 1.807) is 42.5 Å². The van der Waals surface area contributed by atoms with E-state index >= 15 is 0 Å². The van der Waals surface area contributed by atoms with Gasteiger partial charge in [-0.2, -0.15) is 0 Å². The summed E-state index contributed by atoms with van der Waals surface area (Å²) in [5.74, 6) is -0.796. The van der Waals surface area contributed by atoms with Crippen molar-refractivity contribution in [2.75, 3.05) is 6.54 Å². The average molecular weight is 381 g/mol. The van der Waals surface area contributed by atoms with E-state index < -0.39 is 5.91 Å². The van der Waals surface area contributed by atoms with Crippen LogP contribution in [0.5, 0.6) is 0 Å². The van der Waals surface area contributed by atoms with Gasteiger partial charge in [-0.15, -0.1) is 0 Å². The van der Waals surface area contributed by atoms with Gasteiger partial charge < -0.3 is 10.6 Å². The minimum absolute atomic E-state index is 0.139. The van der Waals surface area contributed by atoms with Crippen molar-refractivity contribution in [1.29, 1.82) is 0 Å². The van der Waals surface area contributed by atoms with Crippen molar-refractivity contribution in [1.82, 2.24) is 4.90 Å². The molecule has 0 fully saturated rings. The number of carbonyl (C=O) groups is 2. The lowest BCUT2D eigenvalue weighted by Crippen LogP contribution is -2.38. The average Bonchev–Trinajstić information content (AvgIpc) is 2.69. The standard InChI is InChI=1S/C16H15ClN2O2.C6H6/c17-14-8-4-5-12(9-14)10-19(11-15(18)20)16(21)13-6-2-1-3-7-13;1-2-4-6-5-3-1/h1-9H,10-11H2,(H2,18,20);1-6H. The quantitative estimate of drug-likeness (QED) is 0.722. The minimum atomic E-state index is -0.554. The highest BCUT2D eigenvalue weighted by atomic mass is 35.5. The van der Waals surface area contributed by atoms with Crippen LogP contribution in [0.4, 0.5) is 0 Å². The summed E-state index contributed by atoms with van der Waals surface area (Å²) >= 11 is 5.94. The number of nitrogens with zero attached hydrogens (tertiary/aromatic N) is 1. The van der Waals surface area contributed by atoms with Crippen LogP contribution in [-0.2, 0) is 11.3 Å². The summed E-state index contributed by atoms with van der Waals surface area (Å²) in [6.07, 6.45) is 0. The highest BCUT2D eigenvalue weighted by molar-refractivity contribution is 6.30. The maximum Gasteiger partial charge on any atom is 0.254 e. The van der Waals surface area contributed by atoms with Gasteiger partial charge in [-0.1, -0.05) is 78.3 Å². The Morgan fingerprint density at radius 1 is 0.815 bits per heavy atom. The number of carbonyl (C=O) groups excluding carboxylic acids is 2. The molecule has 0 heterocycles. The van der Waals surface area contributed by atoms with Crippen LogP contribution in [0.2, 0.25) is 5.02 Å². The van der Waals surface area contributed by atoms with Crippen LogP contribution in [0.3, 0.4) is 0 Å². The van der Waals surface area contributed by atoms with Crippen molar-refractivity contribution in [3.8, 4) is 0 Å². The molecule has 4 nitrogen and oxygen atoms in total. The molecule has 3 aromatic carbocycles. The third kappa shape index (κ3) is 7.34. The molecule has 2 N–H and O–H groups in total. The van der Waals surface area contributed by atoms with E-state index in [1.807, 2.05) is 48.5 Å². The van der Waals surface area contributed by atoms with E-state index in [0.717, 1.165) is 5.56 Å². The van der Waals surface area contributed by atoms with Gasteiger partial charge in [0, 0.05) is 17.1 Å². The molecule has 0 spiro atoms. The zero-order valence-corrected chi connectivity index (χ0v) is 15.5. The van der Waals surface area contributed by atoms with Crippen molar-refractivity contribution in [2.45, 2.75) is 6.54 Å². The molecule has 3 rings (SSSR count). The Morgan fingerprint density at radius 2 is 1.37 bits per heavy atom. The van der Waals surface area contributed by atoms with Crippen LogP contribution >= 0.6 is 11.6 Å². The van der Waals surface area contributed by atoms with Gasteiger partial charge in [0.2, 0.25) is 5.91 Å². The summed E-state index contributed by atoms with van der Waals surface area (Å²) in [5, 5.41) is 0.582. The second-order valence-electron chi connectivity index (χ2n) is 5.78. The molecular formula is C22H21ClN2O2. The first-order valence-corrected chi connectivity index (χ1v) is 8.81. The molecule has 0 saturated heterocycles. The SMILES string of the molecule is NC(=O)CN(Cc1cccc(Cl)c1)C(=O)c1ccccc1.c1ccccc1. The van der Waals surface area contributed by atoms with Crippen molar-refractivity contribution < 1.29 is 9.59 Å². The molecule has 0 radical (unpaired) electrons. The summed E-state index contributed by atoms with van der Waals surface area (Å²) < 4.78 is 0. The molecule has 3 aromatic rings. The second-order valence-corrected chi connectivity index (χ2v) is 6.21. The molecule has 138 valence electrons. The van der Waals surface area contributed by atoms with Gasteiger partial charge in [0.25, 0.3) is 5.91 Å². The van der Waals surface area contributed by atoms with Gasteiger partial charge in [0.1, 0.15) is 0 Å². The Kier molecular flexibility index (Phi) is 8.07. The fraction of sp³-hybridized carbons (Fsp3) is 0.0909. The largest absolute Gasteiger partial charge is 0.368 e. The Hall–Kier alpha value is -3.11. The molecule has 0 bridgehead atoms. The molecule has 0 aliphatic heterocycles. The van der Waals surface area contributed by atoms with Gasteiger partial charge in [0.15, 0.2) is 0 Å². The van der Waals surface area contributed by atoms with Gasteiger partial charge in [0.05, 0.1) is 6.54 Å². The number of benzene rings is 3. The molecule has 5 heteroatoms. The maximum atomic E-state index is 12.5. The minimum Gasteiger partial charge on any atom is -0.368 e. The Balaban J connectivity index is 0.000000369. The number of halogens is 1. The van der Waals surface area contributed by atoms with Crippen LogP contribution in [0.25, 0.3) is 0 Å². The van der Waals surface area contributed by atoms with E-state index in [-0.39, 0.29) is 19.0 Å². The molecule has 2 amide bonds. The van der Waals surface area contributed by atoms with Gasteiger partial charge in [-0.3, -0.25) is 9.59 Å². The normalized spacial score (nSPS) is 9.67. The second kappa shape index (κ2) is 10.8. The van der Waals surface area contributed by atoms with E-state index in [0.29, 0.717) is 10.6 Å². The van der Waals surface area contributed by atoms with Gasteiger partial charge in [-0.25, -0.2) is 0 Å². The highest BCUT2D eigenvalue weighted by Gasteiger charge is 2.17. The topological polar surface area (TPSA) is 63.4 Å². The van der Waals surface area contributed by atoms with Crippen LogP contribution in [0.1, 0.15) is 15.9 Å². The lowest BCUT2D eigenvalue weighted by molar-refractivity contribution is -0.118. The van der Waals surface area contributed by atoms with Gasteiger partial charge >= 0.3 is 0 Å². The molecule has 0 unspecified atom stereocenters. The number of primary amides is 1. The third-order valence-electron chi connectivity index (χ3n) is 3.58. The molecular weight excluding hydrogens is 360 g/mol. The monoisotopic (exact) mass is 380 g/mol. The first-order valence-electron chi connectivity index (χ1n) is 8.43. The van der Waals surface area contributed by atoms with Gasteiger partial charge in [-0.05, 0) is 29.8 Å². The first-order chi connectivity index (χ1) is 13.1. The predicted octanol–water partition coefficient (Wildman–Crippen LogP) is 4.15. The van der Waals surface area contributed by atoms with Crippen LogP contribution < -0.4 is 5.73 Å². The third-order valence-corrected chi connectivity index (χ3v) is 3.82. The van der Waals surface area contributed by atoms with Crippen LogP contribution in [0.15, 0.2) is 91.0 Å².